The van der Waals surface area contributed by atoms with Gasteiger partial charge in [-0.2, -0.15) is 5.11 Å². The standard InChI is InChI=1S/C20H16N4O3S/c21-28(26,27)16-9-7-15(8-10-16)23-24-19-17-12-14(13-4-2-1-3-5-13)6-11-18(17)22-20(19)25/h1-12,22,25H,(H2,21,26,27). The van der Waals surface area contributed by atoms with Gasteiger partial charge in [-0.25, -0.2) is 13.6 Å². The van der Waals surface area contributed by atoms with Gasteiger partial charge in [-0.3, -0.25) is 0 Å². The average Bonchev–Trinajstić information content (AvgIpc) is 3.01. The Balaban J connectivity index is 1.72. The second kappa shape index (κ2) is 6.91. The van der Waals surface area contributed by atoms with Crippen molar-refractivity contribution < 1.29 is 13.5 Å². The summed E-state index contributed by atoms with van der Waals surface area (Å²) in [6, 6.07) is 21.3. The summed E-state index contributed by atoms with van der Waals surface area (Å²) in [5.74, 6) is -0.0925. The summed E-state index contributed by atoms with van der Waals surface area (Å²) >= 11 is 0. The van der Waals surface area contributed by atoms with Gasteiger partial charge in [-0.1, -0.05) is 36.4 Å². The molecule has 0 atom stereocenters. The van der Waals surface area contributed by atoms with Crippen LogP contribution in [0.1, 0.15) is 0 Å². The van der Waals surface area contributed by atoms with Crippen molar-refractivity contribution >= 4 is 32.3 Å². The van der Waals surface area contributed by atoms with Crippen molar-refractivity contribution in [2.75, 3.05) is 0 Å². The van der Waals surface area contributed by atoms with Crippen LogP contribution in [0.3, 0.4) is 0 Å². The van der Waals surface area contributed by atoms with E-state index in [1.807, 2.05) is 48.5 Å². The fourth-order valence-electron chi connectivity index (χ4n) is 2.89. The molecule has 1 aromatic heterocycles. The fourth-order valence-corrected chi connectivity index (χ4v) is 3.40. The maximum Gasteiger partial charge on any atom is 0.238 e. The van der Waals surface area contributed by atoms with E-state index in [9.17, 15) is 13.5 Å². The second-order valence-corrected chi connectivity index (χ2v) is 7.75. The maximum atomic E-state index is 11.3. The summed E-state index contributed by atoms with van der Waals surface area (Å²) in [5.41, 5.74) is 3.51. The van der Waals surface area contributed by atoms with Crippen LogP contribution in [-0.2, 0) is 10.0 Å². The molecule has 28 heavy (non-hydrogen) atoms. The molecule has 1 heterocycles. The number of nitrogens with zero attached hydrogens (tertiary/aromatic N) is 2. The lowest BCUT2D eigenvalue weighted by Gasteiger charge is -2.02. The number of hydrogen-bond donors (Lipinski definition) is 3. The number of aromatic nitrogens is 1. The summed E-state index contributed by atoms with van der Waals surface area (Å²) in [6.07, 6.45) is 0. The van der Waals surface area contributed by atoms with Crippen LogP contribution in [0.2, 0.25) is 0 Å². The van der Waals surface area contributed by atoms with Gasteiger partial charge in [-0.05, 0) is 47.5 Å². The molecule has 0 unspecified atom stereocenters. The number of nitrogens with two attached hydrogens (primary N) is 1. The zero-order chi connectivity index (χ0) is 19.7. The summed E-state index contributed by atoms with van der Waals surface area (Å²) in [4.78, 5) is 2.87. The molecule has 0 aliphatic heterocycles. The van der Waals surface area contributed by atoms with Crippen molar-refractivity contribution in [1.29, 1.82) is 0 Å². The van der Waals surface area contributed by atoms with Crippen molar-refractivity contribution in [3.8, 4) is 17.0 Å². The van der Waals surface area contributed by atoms with E-state index in [1.165, 1.54) is 24.3 Å². The Morgan fingerprint density at radius 2 is 1.57 bits per heavy atom. The molecule has 3 aromatic carbocycles. The summed E-state index contributed by atoms with van der Waals surface area (Å²) in [7, 11) is -3.76. The smallest absolute Gasteiger partial charge is 0.238 e. The van der Waals surface area contributed by atoms with Gasteiger partial charge in [0.2, 0.25) is 15.9 Å². The van der Waals surface area contributed by atoms with E-state index in [1.54, 1.807) is 0 Å². The highest BCUT2D eigenvalue weighted by atomic mass is 32.2. The number of aromatic hydroxyl groups is 1. The number of fused-ring (bicyclic) bond motifs is 1. The first-order chi connectivity index (χ1) is 13.4. The molecule has 0 spiro atoms. The van der Waals surface area contributed by atoms with E-state index in [4.69, 9.17) is 5.14 Å². The molecule has 140 valence electrons. The first kappa shape index (κ1) is 17.9. The van der Waals surface area contributed by atoms with Crippen LogP contribution in [0.4, 0.5) is 11.4 Å². The van der Waals surface area contributed by atoms with Gasteiger partial charge < -0.3 is 10.1 Å². The molecule has 0 aliphatic carbocycles. The van der Waals surface area contributed by atoms with Crippen molar-refractivity contribution in [2.45, 2.75) is 4.90 Å². The second-order valence-electron chi connectivity index (χ2n) is 6.19. The molecule has 0 saturated carbocycles. The Hall–Kier alpha value is -3.49. The predicted octanol–water partition coefficient (Wildman–Crippen LogP) is 4.60. The van der Waals surface area contributed by atoms with Gasteiger partial charge in [0.1, 0.15) is 0 Å². The van der Waals surface area contributed by atoms with Crippen LogP contribution >= 0.6 is 0 Å². The number of H-pyrrole nitrogens is 1. The van der Waals surface area contributed by atoms with Crippen molar-refractivity contribution in [3.63, 3.8) is 0 Å². The third-order valence-electron chi connectivity index (χ3n) is 4.29. The van der Waals surface area contributed by atoms with E-state index < -0.39 is 10.0 Å². The number of sulfonamides is 1. The molecule has 7 nitrogen and oxygen atoms in total. The SMILES string of the molecule is NS(=O)(=O)c1ccc(N=Nc2c(O)[nH]c3ccc(-c4ccccc4)cc23)cc1. The number of benzene rings is 3. The van der Waals surface area contributed by atoms with Crippen molar-refractivity contribution in [2.24, 2.45) is 15.4 Å². The van der Waals surface area contributed by atoms with Crippen LogP contribution in [0.25, 0.3) is 22.0 Å². The molecule has 0 amide bonds. The molecule has 4 rings (SSSR count). The van der Waals surface area contributed by atoms with Crippen LogP contribution in [0.5, 0.6) is 5.88 Å². The highest BCUT2D eigenvalue weighted by Gasteiger charge is 2.12. The Labute approximate surface area is 161 Å². The molecule has 0 aliphatic rings. The molecule has 0 saturated heterocycles. The van der Waals surface area contributed by atoms with Crippen molar-refractivity contribution in [1.82, 2.24) is 4.98 Å². The van der Waals surface area contributed by atoms with Gasteiger partial charge in [-0.15, -0.1) is 5.11 Å². The Bertz CT molecular complexity index is 1280. The van der Waals surface area contributed by atoms with Crippen molar-refractivity contribution in [3.05, 3.63) is 72.8 Å². The number of primary sulfonamides is 1. The highest BCUT2D eigenvalue weighted by molar-refractivity contribution is 7.89. The van der Waals surface area contributed by atoms with E-state index in [-0.39, 0.29) is 10.8 Å². The molecule has 0 bridgehead atoms. The van der Waals surface area contributed by atoms with Gasteiger partial charge in [0.05, 0.1) is 16.1 Å². The number of aromatic amines is 1. The zero-order valence-corrected chi connectivity index (χ0v) is 15.4. The summed E-state index contributed by atoms with van der Waals surface area (Å²) in [6.45, 7) is 0. The number of nitrogens with one attached hydrogen (secondary N) is 1. The summed E-state index contributed by atoms with van der Waals surface area (Å²) in [5, 5.41) is 24.3. The molecular weight excluding hydrogens is 376 g/mol. The van der Waals surface area contributed by atoms with Crippen LogP contribution in [-0.4, -0.2) is 18.5 Å². The number of rotatable bonds is 4. The van der Waals surface area contributed by atoms with Gasteiger partial charge in [0.15, 0.2) is 5.69 Å². The van der Waals surface area contributed by atoms with E-state index in [0.29, 0.717) is 11.4 Å². The van der Waals surface area contributed by atoms with Gasteiger partial charge in [0, 0.05) is 5.39 Å². The summed E-state index contributed by atoms with van der Waals surface area (Å²) < 4.78 is 22.6. The van der Waals surface area contributed by atoms with E-state index in [0.717, 1.165) is 22.0 Å². The Morgan fingerprint density at radius 1 is 0.857 bits per heavy atom. The molecular formula is C20H16N4O3S. The lowest BCUT2D eigenvalue weighted by atomic mass is 10.0. The number of azo groups is 1. The highest BCUT2D eigenvalue weighted by Crippen LogP contribution is 2.38. The topological polar surface area (TPSA) is 121 Å². The lowest BCUT2D eigenvalue weighted by Crippen LogP contribution is -2.11. The van der Waals surface area contributed by atoms with E-state index in [2.05, 4.69) is 15.2 Å². The first-order valence-electron chi connectivity index (χ1n) is 8.36. The van der Waals surface area contributed by atoms with E-state index >= 15 is 0 Å². The fraction of sp³-hybridized carbons (Fsp3) is 0. The Morgan fingerprint density at radius 3 is 2.25 bits per heavy atom. The molecule has 4 aromatic rings. The van der Waals surface area contributed by atoms with Gasteiger partial charge in [0.25, 0.3) is 0 Å². The average molecular weight is 392 g/mol. The quantitative estimate of drug-likeness (QED) is 0.440. The minimum absolute atomic E-state index is 0.00565. The minimum Gasteiger partial charge on any atom is -0.493 e. The Kier molecular flexibility index (Phi) is 4.42. The lowest BCUT2D eigenvalue weighted by molar-refractivity contribution is 0.459. The van der Waals surface area contributed by atoms with Crippen LogP contribution in [0.15, 0.2) is 87.9 Å². The zero-order valence-electron chi connectivity index (χ0n) is 14.6. The molecule has 4 N–H and O–H groups in total. The minimum atomic E-state index is -3.76. The molecule has 8 heteroatoms. The number of hydrogen-bond acceptors (Lipinski definition) is 5. The largest absolute Gasteiger partial charge is 0.493 e. The third kappa shape index (κ3) is 3.51. The predicted molar refractivity (Wildman–Crippen MR) is 107 cm³/mol. The van der Waals surface area contributed by atoms with Crippen LogP contribution in [0, 0.1) is 0 Å². The van der Waals surface area contributed by atoms with Crippen LogP contribution < -0.4 is 5.14 Å². The normalized spacial score (nSPS) is 12.0. The first-order valence-corrected chi connectivity index (χ1v) is 9.91. The third-order valence-corrected chi connectivity index (χ3v) is 5.22. The molecule has 0 radical (unpaired) electrons. The monoisotopic (exact) mass is 392 g/mol. The maximum absolute atomic E-state index is 11.3. The molecule has 0 fully saturated rings. The van der Waals surface area contributed by atoms with Gasteiger partial charge >= 0.3 is 0 Å².